The fourth-order valence-corrected chi connectivity index (χ4v) is 4.02. The van der Waals surface area contributed by atoms with E-state index in [4.69, 9.17) is 19.2 Å². The molecule has 1 saturated heterocycles. The first kappa shape index (κ1) is 20.7. The van der Waals surface area contributed by atoms with E-state index in [-0.39, 0.29) is 18.2 Å². The number of methoxy groups -OCH3 is 1. The van der Waals surface area contributed by atoms with E-state index in [1.165, 1.54) is 0 Å². The molecule has 1 atom stereocenters. The van der Waals surface area contributed by atoms with Crippen molar-refractivity contribution < 1.29 is 14.2 Å². The van der Waals surface area contributed by atoms with Gasteiger partial charge in [0.05, 0.1) is 18.8 Å². The molecule has 5 rings (SSSR count). The van der Waals surface area contributed by atoms with Crippen LogP contribution in [0.2, 0.25) is 0 Å². The summed E-state index contributed by atoms with van der Waals surface area (Å²) < 4.78 is 20.6. The van der Waals surface area contributed by atoms with Crippen LogP contribution < -0.4 is 10.1 Å². The summed E-state index contributed by atoms with van der Waals surface area (Å²) in [5.74, 6) is 0.977. The molecule has 0 amide bonds. The molecule has 3 aromatic heterocycles. The monoisotopic (exact) mass is 437 g/mol. The van der Waals surface area contributed by atoms with Crippen LogP contribution in [0.25, 0.3) is 11.0 Å². The fraction of sp³-hybridized carbons (Fsp3) is 0.545. The van der Waals surface area contributed by atoms with Crippen LogP contribution in [0.15, 0.2) is 18.5 Å². The summed E-state index contributed by atoms with van der Waals surface area (Å²) >= 11 is 0. The van der Waals surface area contributed by atoms with Gasteiger partial charge < -0.3 is 24.1 Å². The van der Waals surface area contributed by atoms with E-state index in [2.05, 4.69) is 21.5 Å². The summed E-state index contributed by atoms with van der Waals surface area (Å²) in [4.78, 5) is 9.25. The SMILES string of the molecule is COC[C@H](C)n1cc(Nc2ncc3cc(C#N)n(C4CCOCC4)c3n2)c(OC2CC2)n1. The molecule has 10 nitrogen and oxygen atoms in total. The standard InChI is InChI=1S/C22H27N7O3/c1-14(13-30-2)28-12-19(21(27-28)32-18-3-4-18)25-22-24-11-15-9-17(10-23)29(20(15)26-22)16-5-7-31-8-6-16/h9,11-12,14,16,18H,3-8,13H2,1-2H3,(H,24,25,26)/t14-/m0/s1. The number of fused-ring (bicyclic) bond motifs is 1. The Morgan fingerprint density at radius 3 is 2.84 bits per heavy atom. The van der Waals surface area contributed by atoms with Crippen LogP contribution in [0.1, 0.15) is 50.4 Å². The van der Waals surface area contributed by atoms with Crippen LogP contribution in [0.5, 0.6) is 5.88 Å². The van der Waals surface area contributed by atoms with Gasteiger partial charge in [-0.15, -0.1) is 5.10 Å². The number of nitrogens with one attached hydrogen (secondary N) is 1. The van der Waals surface area contributed by atoms with Gasteiger partial charge in [-0.1, -0.05) is 0 Å². The number of ether oxygens (including phenoxy) is 3. The number of hydrogen-bond donors (Lipinski definition) is 1. The second kappa shape index (κ2) is 8.76. The van der Waals surface area contributed by atoms with Gasteiger partial charge in [0.25, 0.3) is 5.88 Å². The predicted octanol–water partition coefficient (Wildman–Crippen LogP) is 3.34. The Bertz CT molecular complexity index is 1140. The molecule has 0 spiro atoms. The zero-order chi connectivity index (χ0) is 22.1. The molecule has 4 heterocycles. The Morgan fingerprint density at radius 1 is 1.31 bits per heavy atom. The number of nitriles is 1. The smallest absolute Gasteiger partial charge is 0.257 e. The minimum absolute atomic E-state index is 0.0597. The highest BCUT2D eigenvalue weighted by Crippen LogP contribution is 2.34. The van der Waals surface area contributed by atoms with Crippen LogP contribution >= 0.6 is 0 Å². The Labute approximate surface area is 186 Å². The first-order valence-corrected chi connectivity index (χ1v) is 11.0. The van der Waals surface area contributed by atoms with Gasteiger partial charge in [-0.05, 0) is 38.7 Å². The van der Waals surface area contributed by atoms with Crippen LogP contribution in [0.4, 0.5) is 11.6 Å². The van der Waals surface area contributed by atoms with Crippen LogP contribution in [-0.2, 0) is 9.47 Å². The lowest BCUT2D eigenvalue weighted by molar-refractivity contribution is 0.0704. The molecule has 1 aliphatic heterocycles. The highest BCUT2D eigenvalue weighted by atomic mass is 16.5. The largest absolute Gasteiger partial charge is 0.472 e. The predicted molar refractivity (Wildman–Crippen MR) is 117 cm³/mol. The summed E-state index contributed by atoms with van der Waals surface area (Å²) in [7, 11) is 1.67. The van der Waals surface area contributed by atoms with Crippen LogP contribution in [0.3, 0.4) is 0 Å². The van der Waals surface area contributed by atoms with Crippen molar-refractivity contribution in [2.24, 2.45) is 0 Å². The summed E-state index contributed by atoms with van der Waals surface area (Å²) in [5, 5.41) is 18.4. The summed E-state index contributed by atoms with van der Waals surface area (Å²) in [5.41, 5.74) is 2.05. The van der Waals surface area contributed by atoms with Gasteiger partial charge in [0.15, 0.2) is 0 Å². The number of rotatable bonds is 8. The van der Waals surface area contributed by atoms with E-state index in [1.54, 1.807) is 13.3 Å². The topological polar surface area (TPSA) is 112 Å². The quantitative estimate of drug-likeness (QED) is 0.571. The maximum atomic E-state index is 9.68. The minimum Gasteiger partial charge on any atom is -0.472 e. The van der Waals surface area contributed by atoms with Crippen molar-refractivity contribution in [2.75, 3.05) is 32.2 Å². The first-order valence-electron chi connectivity index (χ1n) is 11.0. The molecule has 2 fully saturated rings. The lowest BCUT2D eigenvalue weighted by atomic mass is 10.1. The molecular formula is C22H27N7O3. The molecule has 10 heteroatoms. The highest BCUT2D eigenvalue weighted by molar-refractivity contribution is 5.79. The van der Waals surface area contributed by atoms with E-state index < -0.39 is 0 Å². The molecule has 1 N–H and O–H groups in total. The van der Waals surface area contributed by atoms with Gasteiger partial charge in [0.2, 0.25) is 5.95 Å². The first-order chi connectivity index (χ1) is 15.7. The molecule has 0 aromatic carbocycles. The maximum Gasteiger partial charge on any atom is 0.257 e. The van der Waals surface area contributed by atoms with Gasteiger partial charge in [0.1, 0.15) is 29.2 Å². The molecule has 0 radical (unpaired) electrons. The number of aromatic nitrogens is 5. The second-order valence-corrected chi connectivity index (χ2v) is 8.40. The van der Waals surface area contributed by atoms with E-state index >= 15 is 0 Å². The normalized spacial score (nSPS) is 17.9. The van der Waals surface area contributed by atoms with E-state index in [1.807, 2.05) is 28.4 Å². The molecule has 168 valence electrons. The summed E-state index contributed by atoms with van der Waals surface area (Å²) in [6.07, 6.45) is 7.65. The molecule has 0 unspecified atom stereocenters. The van der Waals surface area contributed by atoms with E-state index in [0.717, 1.165) is 36.7 Å². The van der Waals surface area contributed by atoms with E-state index in [0.29, 0.717) is 43.0 Å². The molecule has 2 aliphatic rings. The minimum atomic E-state index is 0.0597. The van der Waals surface area contributed by atoms with Gasteiger partial charge in [-0.2, -0.15) is 10.2 Å². The maximum absolute atomic E-state index is 9.68. The average Bonchev–Trinajstić information content (AvgIpc) is 3.42. The van der Waals surface area contributed by atoms with Crippen molar-refractivity contribution in [2.45, 2.75) is 50.8 Å². The number of nitrogens with zero attached hydrogens (tertiary/aromatic N) is 6. The lowest BCUT2D eigenvalue weighted by Gasteiger charge is -2.24. The Balaban J connectivity index is 1.48. The molecule has 0 bridgehead atoms. The Kier molecular flexibility index (Phi) is 5.68. The van der Waals surface area contributed by atoms with Crippen LogP contribution in [0, 0.1) is 11.3 Å². The van der Waals surface area contributed by atoms with Gasteiger partial charge in [-0.3, -0.25) is 4.68 Å². The number of anilines is 2. The fourth-order valence-electron chi connectivity index (χ4n) is 4.02. The summed E-state index contributed by atoms with van der Waals surface area (Å²) in [6.45, 7) is 3.95. The van der Waals surface area contributed by atoms with E-state index in [9.17, 15) is 5.26 Å². The average molecular weight is 438 g/mol. The molecular weight excluding hydrogens is 410 g/mol. The third-order valence-electron chi connectivity index (χ3n) is 5.85. The van der Waals surface area contributed by atoms with Gasteiger partial charge >= 0.3 is 0 Å². The Hall–Kier alpha value is -3.16. The van der Waals surface area contributed by atoms with Crippen LogP contribution in [-0.4, -0.2) is 57.3 Å². The zero-order valence-corrected chi connectivity index (χ0v) is 18.3. The number of hydrogen-bond acceptors (Lipinski definition) is 8. The third-order valence-corrected chi connectivity index (χ3v) is 5.85. The zero-order valence-electron chi connectivity index (χ0n) is 18.3. The highest BCUT2D eigenvalue weighted by Gasteiger charge is 2.27. The lowest BCUT2D eigenvalue weighted by Crippen LogP contribution is -2.20. The van der Waals surface area contributed by atoms with Crippen molar-refractivity contribution in [1.29, 1.82) is 5.26 Å². The summed E-state index contributed by atoms with van der Waals surface area (Å²) in [6, 6.07) is 4.40. The second-order valence-electron chi connectivity index (χ2n) is 8.40. The van der Waals surface area contributed by atoms with Crippen molar-refractivity contribution in [1.82, 2.24) is 24.3 Å². The van der Waals surface area contributed by atoms with Crippen molar-refractivity contribution in [3.05, 3.63) is 24.2 Å². The van der Waals surface area contributed by atoms with Crippen molar-refractivity contribution >= 4 is 22.7 Å². The van der Waals surface area contributed by atoms with Crippen molar-refractivity contribution in [3.63, 3.8) is 0 Å². The van der Waals surface area contributed by atoms with Gasteiger partial charge in [-0.25, -0.2) is 4.98 Å². The molecule has 1 saturated carbocycles. The third kappa shape index (κ3) is 4.13. The molecule has 32 heavy (non-hydrogen) atoms. The van der Waals surface area contributed by atoms with Gasteiger partial charge in [0, 0.05) is 37.9 Å². The van der Waals surface area contributed by atoms with Crippen molar-refractivity contribution in [3.8, 4) is 11.9 Å². The molecule has 3 aromatic rings. The molecule has 1 aliphatic carbocycles. The Morgan fingerprint density at radius 2 is 2.12 bits per heavy atom.